The fourth-order valence-electron chi connectivity index (χ4n) is 2.23. The molecule has 0 atom stereocenters. The second-order valence-corrected chi connectivity index (χ2v) is 5.20. The van der Waals surface area contributed by atoms with Crippen LogP contribution in [0.5, 0.6) is 0 Å². The third kappa shape index (κ3) is 6.25. The van der Waals surface area contributed by atoms with Crippen LogP contribution < -0.4 is 5.32 Å². The van der Waals surface area contributed by atoms with Gasteiger partial charge in [-0.05, 0) is 31.2 Å². The zero-order valence-corrected chi connectivity index (χ0v) is 12.4. The summed E-state index contributed by atoms with van der Waals surface area (Å²) in [5, 5.41) is 2.99. The molecule has 0 saturated carbocycles. The molecule has 0 unspecified atom stereocenters. The summed E-state index contributed by atoms with van der Waals surface area (Å²) in [4.78, 5) is 15.7. The molecule has 0 radical (unpaired) electrons. The number of rotatable bonds is 9. The van der Waals surface area contributed by atoms with E-state index >= 15 is 0 Å². The first-order valence-corrected chi connectivity index (χ1v) is 7.61. The van der Waals surface area contributed by atoms with Crippen LogP contribution in [0, 0.1) is 0 Å². The number of carbonyl (C=O) groups excluding carboxylic acids is 1. The Morgan fingerprint density at radius 1 is 1.14 bits per heavy atom. The van der Waals surface area contributed by atoms with E-state index in [9.17, 15) is 4.79 Å². The lowest BCUT2D eigenvalue weighted by Crippen LogP contribution is -2.24. The molecule has 2 aromatic rings. The molecule has 2 rings (SSSR count). The number of hydrogen-bond acceptors (Lipinski definition) is 2. The highest BCUT2D eigenvalue weighted by atomic mass is 16.1. The number of aryl methyl sites for hydroxylation is 2. The van der Waals surface area contributed by atoms with E-state index in [1.54, 1.807) is 6.20 Å². The van der Waals surface area contributed by atoms with Gasteiger partial charge in [0, 0.05) is 31.9 Å². The van der Waals surface area contributed by atoms with Crippen molar-refractivity contribution in [2.75, 3.05) is 6.54 Å². The van der Waals surface area contributed by atoms with E-state index in [0.29, 0.717) is 6.42 Å². The lowest BCUT2D eigenvalue weighted by molar-refractivity contribution is -0.121. The maximum absolute atomic E-state index is 11.7. The second-order valence-electron chi connectivity index (χ2n) is 5.20. The topological polar surface area (TPSA) is 46.9 Å². The third-order valence-electron chi connectivity index (χ3n) is 3.46. The number of amides is 1. The van der Waals surface area contributed by atoms with Crippen LogP contribution in [0.2, 0.25) is 0 Å². The summed E-state index contributed by atoms with van der Waals surface area (Å²) in [6, 6.07) is 10.1. The predicted molar refractivity (Wildman–Crippen MR) is 83.9 cm³/mol. The Morgan fingerprint density at radius 3 is 2.76 bits per heavy atom. The maximum Gasteiger partial charge on any atom is 0.220 e. The SMILES string of the molecule is O=C(CCc1ccccc1)NCCCCCn1ccnc1. The molecular weight excluding hydrogens is 262 g/mol. The van der Waals surface area contributed by atoms with Crippen molar-refractivity contribution in [3.8, 4) is 0 Å². The first-order chi connectivity index (χ1) is 10.3. The highest BCUT2D eigenvalue weighted by Crippen LogP contribution is 2.02. The van der Waals surface area contributed by atoms with E-state index < -0.39 is 0 Å². The molecule has 0 aliphatic rings. The van der Waals surface area contributed by atoms with Crippen LogP contribution in [-0.4, -0.2) is 22.0 Å². The minimum Gasteiger partial charge on any atom is -0.356 e. The Morgan fingerprint density at radius 2 is 2.00 bits per heavy atom. The number of imidazole rings is 1. The average molecular weight is 285 g/mol. The Balaban J connectivity index is 1.47. The highest BCUT2D eigenvalue weighted by Gasteiger charge is 2.01. The van der Waals surface area contributed by atoms with Crippen molar-refractivity contribution in [1.29, 1.82) is 0 Å². The van der Waals surface area contributed by atoms with Gasteiger partial charge >= 0.3 is 0 Å². The number of aromatic nitrogens is 2. The van der Waals surface area contributed by atoms with Crippen LogP contribution in [-0.2, 0) is 17.8 Å². The normalized spacial score (nSPS) is 10.5. The van der Waals surface area contributed by atoms with Gasteiger partial charge in [0.05, 0.1) is 6.33 Å². The third-order valence-corrected chi connectivity index (χ3v) is 3.46. The highest BCUT2D eigenvalue weighted by molar-refractivity contribution is 5.76. The van der Waals surface area contributed by atoms with E-state index in [1.165, 1.54) is 5.56 Å². The van der Waals surface area contributed by atoms with Crippen molar-refractivity contribution in [2.24, 2.45) is 0 Å². The second kappa shape index (κ2) is 8.95. The number of nitrogens with one attached hydrogen (secondary N) is 1. The standard InChI is InChI=1S/C17H23N3O/c21-17(10-9-16-7-3-1-4-8-16)19-11-5-2-6-13-20-14-12-18-15-20/h1,3-4,7-8,12,14-15H,2,5-6,9-11,13H2,(H,19,21). The number of benzene rings is 1. The van der Waals surface area contributed by atoms with Crippen molar-refractivity contribution in [2.45, 2.75) is 38.6 Å². The molecule has 21 heavy (non-hydrogen) atoms. The summed E-state index contributed by atoms with van der Waals surface area (Å²) >= 11 is 0. The number of carbonyl (C=O) groups is 1. The van der Waals surface area contributed by atoms with Crippen molar-refractivity contribution in [3.63, 3.8) is 0 Å². The molecule has 0 bridgehead atoms. The zero-order chi connectivity index (χ0) is 14.8. The monoisotopic (exact) mass is 285 g/mol. The molecule has 1 N–H and O–H groups in total. The van der Waals surface area contributed by atoms with Crippen LogP contribution in [0.4, 0.5) is 0 Å². The van der Waals surface area contributed by atoms with Crippen molar-refractivity contribution in [3.05, 3.63) is 54.6 Å². The van der Waals surface area contributed by atoms with E-state index in [4.69, 9.17) is 0 Å². The maximum atomic E-state index is 11.7. The molecule has 1 heterocycles. The Kier molecular flexibility index (Phi) is 6.52. The van der Waals surface area contributed by atoms with Gasteiger partial charge in [-0.1, -0.05) is 30.3 Å². The molecular formula is C17H23N3O. The predicted octanol–water partition coefficient (Wildman–Crippen LogP) is 2.80. The summed E-state index contributed by atoms with van der Waals surface area (Å²) in [5.74, 6) is 0.147. The van der Waals surface area contributed by atoms with Crippen LogP contribution >= 0.6 is 0 Å². The Labute approximate surface area is 126 Å². The fraction of sp³-hybridized carbons (Fsp3) is 0.412. The molecule has 0 spiro atoms. The Hall–Kier alpha value is -2.10. The minimum absolute atomic E-state index is 0.147. The number of hydrogen-bond donors (Lipinski definition) is 1. The van der Waals surface area contributed by atoms with Crippen LogP contribution in [0.15, 0.2) is 49.1 Å². The molecule has 1 amide bonds. The molecule has 0 saturated heterocycles. The van der Waals surface area contributed by atoms with E-state index in [0.717, 1.165) is 38.8 Å². The molecule has 4 heteroatoms. The average Bonchev–Trinajstić information content (AvgIpc) is 3.03. The molecule has 0 fully saturated rings. The smallest absolute Gasteiger partial charge is 0.220 e. The van der Waals surface area contributed by atoms with Crippen molar-refractivity contribution >= 4 is 5.91 Å². The molecule has 1 aromatic carbocycles. The van der Waals surface area contributed by atoms with Gasteiger partial charge in [-0.2, -0.15) is 0 Å². The summed E-state index contributed by atoms with van der Waals surface area (Å²) in [6.45, 7) is 1.78. The van der Waals surface area contributed by atoms with Gasteiger partial charge in [0.1, 0.15) is 0 Å². The summed E-state index contributed by atoms with van der Waals surface area (Å²) in [5.41, 5.74) is 1.22. The molecule has 0 aliphatic heterocycles. The van der Waals surface area contributed by atoms with E-state index in [1.807, 2.05) is 30.7 Å². The summed E-state index contributed by atoms with van der Waals surface area (Å²) in [6.07, 6.45) is 10.3. The van der Waals surface area contributed by atoms with Crippen molar-refractivity contribution in [1.82, 2.24) is 14.9 Å². The first-order valence-electron chi connectivity index (χ1n) is 7.61. The zero-order valence-electron chi connectivity index (χ0n) is 12.4. The number of nitrogens with zero attached hydrogens (tertiary/aromatic N) is 2. The fourth-order valence-corrected chi connectivity index (χ4v) is 2.23. The van der Waals surface area contributed by atoms with E-state index in [-0.39, 0.29) is 5.91 Å². The first kappa shape index (κ1) is 15.3. The lowest BCUT2D eigenvalue weighted by atomic mass is 10.1. The quantitative estimate of drug-likeness (QED) is 0.720. The molecule has 4 nitrogen and oxygen atoms in total. The van der Waals surface area contributed by atoms with Gasteiger partial charge in [-0.3, -0.25) is 4.79 Å². The van der Waals surface area contributed by atoms with Gasteiger partial charge in [0.25, 0.3) is 0 Å². The molecule has 1 aromatic heterocycles. The lowest BCUT2D eigenvalue weighted by Gasteiger charge is -2.06. The summed E-state index contributed by atoms with van der Waals surface area (Å²) in [7, 11) is 0. The number of unbranched alkanes of at least 4 members (excludes halogenated alkanes) is 2. The van der Waals surface area contributed by atoms with Gasteiger partial charge in [0.2, 0.25) is 5.91 Å². The largest absolute Gasteiger partial charge is 0.356 e. The van der Waals surface area contributed by atoms with Crippen LogP contribution in [0.1, 0.15) is 31.2 Å². The van der Waals surface area contributed by atoms with Crippen molar-refractivity contribution < 1.29 is 4.79 Å². The van der Waals surface area contributed by atoms with E-state index in [2.05, 4.69) is 27.0 Å². The molecule has 0 aliphatic carbocycles. The Bertz CT molecular complexity index is 508. The van der Waals surface area contributed by atoms with Crippen LogP contribution in [0.3, 0.4) is 0 Å². The molecule has 112 valence electrons. The minimum atomic E-state index is 0.147. The van der Waals surface area contributed by atoms with Crippen LogP contribution in [0.25, 0.3) is 0 Å². The summed E-state index contributed by atoms with van der Waals surface area (Å²) < 4.78 is 2.08. The van der Waals surface area contributed by atoms with Gasteiger partial charge in [-0.15, -0.1) is 0 Å². The van der Waals surface area contributed by atoms with Gasteiger partial charge < -0.3 is 9.88 Å². The van der Waals surface area contributed by atoms with Gasteiger partial charge in [-0.25, -0.2) is 4.98 Å². The van der Waals surface area contributed by atoms with Gasteiger partial charge in [0.15, 0.2) is 0 Å².